The van der Waals surface area contributed by atoms with Crippen molar-refractivity contribution < 1.29 is 9.53 Å². The highest BCUT2D eigenvalue weighted by atomic mass is 79.9. The summed E-state index contributed by atoms with van der Waals surface area (Å²) in [5.74, 6) is 0. The molecule has 1 amide bonds. The van der Waals surface area contributed by atoms with Crippen LogP contribution in [0.2, 0.25) is 0 Å². The fourth-order valence-electron chi connectivity index (χ4n) is 1.21. The van der Waals surface area contributed by atoms with E-state index in [1.54, 1.807) is 6.92 Å². The zero-order valence-electron chi connectivity index (χ0n) is 8.79. The number of benzene rings is 1. The molecular formula is C11H14BrNO2. The lowest BCUT2D eigenvalue weighted by Crippen LogP contribution is -2.27. The van der Waals surface area contributed by atoms with Crippen molar-refractivity contribution in [2.45, 2.75) is 19.9 Å². The lowest BCUT2D eigenvalue weighted by atomic mass is 10.1. The molecule has 1 N–H and O–H groups in total. The Morgan fingerprint density at radius 2 is 2.33 bits per heavy atom. The standard InChI is InChI=1S/C11H14BrNO2/c1-3-15-11(14)13-8(2)9-5-4-6-10(12)7-9/h4-8H,3H2,1-2H3,(H,13,14). The minimum atomic E-state index is -0.384. The third-order valence-corrected chi connectivity index (χ3v) is 2.45. The molecule has 0 aliphatic carbocycles. The van der Waals surface area contributed by atoms with Gasteiger partial charge in [0.05, 0.1) is 12.6 Å². The van der Waals surface area contributed by atoms with Gasteiger partial charge in [0.25, 0.3) is 0 Å². The molecule has 0 bridgehead atoms. The van der Waals surface area contributed by atoms with Crippen LogP contribution in [0.3, 0.4) is 0 Å². The molecule has 1 aromatic carbocycles. The van der Waals surface area contributed by atoms with Crippen LogP contribution in [0.25, 0.3) is 0 Å². The zero-order chi connectivity index (χ0) is 11.3. The summed E-state index contributed by atoms with van der Waals surface area (Å²) in [6, 6.07) is 7.75. The molecule has 0 heterocycles. The molecule has 1 aromatic rings. The molecule has 0 aliphatic heterocycles. The Kier molecular flexibility index (Phi) is 4.62. The lowest BCUT2D eigenvalue weighted by Gasteiger charge is -2.13. The van der Waals surface area contributed by atoms with E-state index in [-0.39, 0.29) is 12.1 Å². The molecule has 1 atom stereocenters. The van der Waals surface area contributed by atoms with Crippen LogP contribution < -0.4 is 5.32 Å². The highest BCUT2D eigenvalue weighted by Crippen LogP contribution is 2.17. The van der Waals surface area contributed by atoms with E-state index >= 15 is 0 Å². The molecule has 0 spiro atoms. The quantitative estimate of drug-likeness (QED) is 0.917. The number of halogens is 1. The minimum absolute atomic E-state index is 0.0541. The first-order valence-corrected chi connectivity index (χ1v) is 5.61. The number of hydrogen-bond donors (Lipinski definition) is 1. The van der Waals surface area contributed by atoms with E-state index in [1.165, 1.54) is 0 Å². The van der Waals surface area contributed by atoms with E-state index in [1.807, 2.05) is 31.2 Å². The molecule has 0 saturated heterocycles. The van der Waals surface area contributed by atoms with Gasteiger partial charge in [-0.3, -0.25) is 0 Å². The predicted octanol–water partition coefficient (Wildman–Crippen LogP) is 3.26. The molecule has 15 heavy (non-hydrogen) atoms. The Hall–Kier alpha value is -1.03. The summed E-state index contributed by atoms with van der Waals surface area (Å²) in [6.07, 6.45) is -0.384. The smallest absolute Gasteiger partial charge is 0.407 e. The highest BCUT2D eigenvalue weighted by Gasteiger charge is 2.09. The maximum absolute atomic E-state index is 11.2. The van der Waals surface area contributed by atoms with Crippen molar-refractivity contribution in [3.05, 3.63) is 34.3 Å². The monoisotopic (exact) mass is 271 g/mol. The van der Waals surface area contributed by atoms with Gasteiger partial charge < -0.3 is 10.1 Å². The van der Waals surface area contributed by atoms with E-state index in [9.17, 15) is 4.79 Å². The number of alkyl carbamates (subject to hydrolysis) is 1. The van der Waals surface area contributed by atoms with E-state index in [0.29, 0.717) is 6.61 Å². The van der Waals surface area contributed by atoms with Gasteiger partial charge in [-0.25, -0.2) is 4.79 Å². The summed E-state index contributed by atoms with van der Waals surface area (Å²) in [7, 11) is 0. The van der Waals surface area contributed by atoms with Crippen molar-refractivity contribution in [2.24, 2.45) is 0 Å². The van der Waals surface area contributed by atoms with E-state index < -0.39 is 0 Å². The maximum Gasteiger partial charge on any atom is 0.407 e. The second-order valence-electron chi connectivity index (χ2n) is 3.14. The van der Waals surface area contributed by atoms with E-state index in [2.05, 4.69) is 21.2 Å². The predicted molar refractivity (Wildman–Crippen MR) is 62.7 cm³/mol. The minimum Gasteiger partial charge on any atom is -0.450 e. The van der Waals surface area contributed by atoms with Crippen LogP contribution >= 0.6 is 15.9 Å². The average Bonchev–Trinajstić information content (AvgIpc) is 2.18. The van der Waals surface area contributed by atoms with Gasteiger partial charge >= 0.3 is 6.09 Å². The number of carbonyl (C=O) groups is 1. The average molecular weight is 272 g/mol. The number of nitrogens with one attached hydrogen (secondary N) is 1. The molecule has 0 fully saturated rings. The SMILES string of the molecule is CCOC(=O)NC(C)c1cccc(Br)c1. The zero-order valence-corrected chi connectivity index (χ0v) is 10.4. The van der Waals surface area contributed by atoms with Crippen molar-refractivity contribution in [1.29, 1.82) is 0 Å². The summed E-state index contributed by atoms with van der Waals surface area (Å²) in [4.78, 5) is 11.2. The fourth-order valence-corrected chi connectivity index (χ4v) is 1.63. The first-order chi connectivity index (χ1) is 7.13. The van der Waals surface area contributed by atoms with Gasteiger partial charge in [-0.1, -0.05) is 28.1 Å². The highest BCUT2D eigenvalue weighted by molar-refractivity contribution is 9.10. The van der Waals surface area contributed by atoms with Gasteiger partial charge in [-0.05, 0) is 31.5 Å². The number of carbonyl (C=O) groups excluding carboxylic acids is 1. The lowest BCUT2D eigenvalue weighted by molar-refractivity contribution is 0.149. The number of amides is 1. The summed E-state index contributed by atoms with van der Waals surface area (Å²) in [5.41, 5.74) is 1.04. The van der Waals surface area contributed by atoms with Gasteiger partial charge in [-0.15, -0.1) is 0 Å². The van der Waals surface area contributed by atoms with Crippen LogP contribution in [-0.4, -0.2) is 12.7 Å². The van der Waals surface area contributed by atoms with E-state index in [0.717, 1.165) is 10.0 Å². The van der Waals surface area contributed by atoms with E-state index in [4.69, 9.17) is 4.74 Å². The van der Waals surface area contributed by atoms with Crippen LogP contribution in [0, 0.1) is 0 Å². The molecule has 0 radical (unpaired) electrons. The van der Waals surface area contributed by atoms with Crippen molar-refractivity contribution in [3.63, 3.8) is 0 Å². The second kappa shape index (κ2) is 5.75. The van der Waals surface area contributed by atoms with Gasteiger partial charge in [-0.2, -0.15) is 0 Å². The van der Waals surface area contributed by atoms with Crippen LogP contribution in [0.15, 0.2) is 28.7 Å². The molecule has 0 saturated carbocycles. The largest absolute Gasteiger partial charge is 0.450 e. The Labute approximate surface area is 97.9 Å². The Morgan fingerprint density at radius 1 is 1.60 bits per heavy atom. The van der Waals surface area contributed by atoms with Crippen molar-refractivity contribution in [2.75, 3.05) is 6.61 Å². The third kappa shape index (κ3) is 3.91. The Bertz CT molecular complexity index is 341. The summed E-state index contributed by atoms with van der Waals surface area (Å²) in [6.45, 7) is 4.08. The molecule has 1 rings (SSSR count). The molecule has 3 nitrogen and oxygen atoms in total. The maximum atomic E-state index is 11.2. The fraction of sp³-hybridized carbons (Fsp3) is 0.364. The summed E-state index contributed by atoms with van der Waals surface area (Å²) >= 11 is 3.38. The van der Waals surface area contributed by atoms with Crippen LogP contribution in [0.4, 0.5) is 4.79 Å². The van der Waals surface area contributed by atoms with Gasteiger partial charge in [0, 0.05) is 4.47 Å². The molecule has 1 unspecified atom stereocenters. The number of rotatable bonds is 3. The van der Waals surface area contributed by atoms with Crippen LogP contribution in [-0.2, 0) is 4.74 Å². The topological polar surface area (TPSA) is 38.3 Å². The van der Waals surface area contributed by atoms with Crippen LogP contribution in [0.1, 0.15) is 25.5 Å². The van der Waals surface area contributed by atoms with Crippen molar-refractivity contribution in [1.82, 2.24) is 5.32 Å². The van der Waals surface area contributed by atoms with Crippen molar-refractivity contribution >= 4 is 22.0 Å². The molecular weight excluding hydrogens is 258 g/mol. The Balaban J connectivity index is 2.60. The second-order valence-corrected chi connectivity index (χ2v) is 4.06. The summed E-state index contributed by atoms with van der Waals surface area (Å²) < 4.78 is 5.80. The first kappa shape index (κ1) is 12.0. The first-order valence-electron chi connectivity index (χ1n) is 4.82. The van der Waals surface area contributed by atoms with Crippen LogP contribution in [0.5, 0.6) is 0 Å². The number of hydrogen-bond acceptors (Lipinski definition) is 2. The molecule has 4 heteroatoms. The van der Waals surface area contributed by atoms with Gasteiger partial charge in [0.15, 0.2) is 0 Å². The van der Waals surface area contributed by atoms with Gasteiger partial charge in [0.2, 0.25) is 0 Å². The Morgan fingerprint density at radius 3 is 2.93 bits per heavy atom. The van der Waals surface area contributed by atoms with Gasteiger partial charge in [0.1, 0.15) is 0 Å². The number of ether oxygens (including phenoxy) is 1. The van der Waals surface area contributed by atoms with Crippen molar-refractivity contribution in [3.8, 4) is 0 Å². The molecule has 82 valence electrons. The molecule has 0 aromatic heterocycles. The summed E-state index contributed by atoms with van der Waals surface area (Å²) in [5, 5.41) is 2.74. The normalized spacial score (nSPS) is 11.9. The third-order valence-electron chi connectivity index (χ3n) is 1.96. The molecule has 0 aliphatic rings.